The highest BCUT2D eigenvalue weighted by molar-refractivity contribution is 5.31. The van der Waals surface area contributed by atoms with E-state index in [9.17, 15) is 5.11 Å². The maximum Gasteiger partial charge on any atom is 0.0995 e. The lowest BCUT2D eigenvalue weighted by Gasteiger charge is -2.20. The minimum atomic E-state index is -0.543. The first-order chi connectivity index (χ1) is 6.82. The fraction of sp³-hybridized carbons (Fsp3) is 0.429. The predicted molar refractivity (Wildman–Crippen MR) is 64.9 cm³/mol. The van der Waals surface area contributed by atoms with Crippen LogP contribution in [-0.2, 0) is 5.41 Å². The van der Waals surface area contributed by atoms with Gasteiger partial charge in [-0.25, -0.2) is 0 Å². The van der Waals surface area contributed by atoms with E-state index < -0.39 is 6.10 Å². The van der Waals surface area contributed by atoms with Gasteiger partial charge in [-0.2, -0.15) is 0 Å². The molecule has 0 radical (unpaired) electrons. The summed E-state index contributed by atoms with van der Waals surface area (Å²) < 4.78 is 0. The van der Waals surface area contributed by atoms with Crippen molar-refractivity contribution in [3.05, 3.63) is 47.5 Å². The monoisotopic (exact) mass is 204 g/mol. The molecule has 1 aromatic rings. The molecule has 0 aromatic heterocycles. The third kappa shape index (κ3) is 2.93. The summed E-state index contributed by atoms with van der Waals surface area (Å²) >= 11 is 0. The third-order valence-corrected chi connectivity index (χ3v) is 2.56. The summed E-state index contributed by atoms with van der Waals surface area (Å²) in [5, 5.41) is 9.79. The first-order valence-corrected chi connectivity index (χ1v) is 5.26. The first-order valence-electron chi connectivity index (χ1n) is 5.26. The van der Waals surface area contributed by atoms with Crippen molar-refractivity contribution in [1.82, 2.24) is 0 Å². The Balaban J connectivity index is 2.95. The van der Waals surface area contributed by atoms with Gasteiger partial charge in [-0.1, -0.05) is 51.6 Å². The molecular weight excluding hydrogens is 184 g/mol. The van der Waals surface area contributed by atoms with Gasteiger partial charge in [-0.3, -0.25) is 0 Å². The SMILES string of the molecule is C=C(C)C(O)c1ccc(C(C)(C)C)cc1. The van der Waals surface area contributed by atoms with E-state index >= 15 is 0 Å². The summed E-state index contributed by atoms with van der Waals surface area (Å²) in [5.41, 5.74) is 3.13. The Kier molecular flexibility index (Phi) is 3.35. The normalized spacial score (nSPS) is 13.7. The van der Waals surface area contributed by atoms with E-state index in [1.165, 1.54) is 5.56 Å². The molecule has 1 aromatic carbocycles. The number of hydrogen-bond donors (Lipinski definition) is 1. The summed E-state index contributed by atoms with van der Waals surface area (Å²) in [5.74, 6) is 0. The minimum Gasteiger partial charge on any atom is -0.384 e. The molecule has 0 aliphatic rings. The molecule has 15 heavy (non-hydrogen) atoms. The standard InChI is InChI=1S/C14H20O/c1-10(2)13(15)11-6-8-12(9-7-11)14(3,4)5/h6-9,13,15H,1H2,2-5H3. The van der Waals surface area contributed by atoms with Crippen LogP contribution >= 0.6 is 0 Å². The van der Waals surface area contributed by atoms with Crippen molar-refractivity contribution in [3.8, 4) is 0 Å². The lowest BCUT2D eigenvalue weighted by atomic mass is 9.86. The van der Waals surface area contributed by atoms with E-state index in [1.807, 2.05) is 19.1 Å². The highest BCUT2D eigenvalue weighted by Gasteiger charge is 2.14. The van der Waals surface area contributed by atoms with Crippen LogP contribution in [0.25, 0.3) is 0 Å². The van der Waals surface area contributed by atoms with Gasteiger partial charge in [-0.05, 0) is 29.0 Å². The van der Waals surface area contributed by atoms with E-state index in [2.05, 4.69) is 39.5 Å². The molecule has 1 unspecified atom stereocenters. The molecule has 0 aliphatic heterocycles. The molecule has 1 N–H and O–H groups in total. The third-order valence-electron chi connectivity index (χ3n) is 2.56. The van der Waals surface area contributed by atoms with Gasteiger partial charge < -0.3 is 5.11 Å². The van der Waals surface area contributed by atoms with E-state index in [0.29, 0.717) is 0 Å². The van der Waals surface area contributed by atoms with Crippen LogP contribution in [0.15, 0.2) is 36.4 Å². The second kappa shape index (κ2) is 4.19. The molecule has 0 spiro atoms. The van der Waals surface area contributed by atoms with Gasteiger partial charge in [0.15, 0.2) is 0 Å². The van der Waals surface area contributed by atoms with Gasteiger partial charge in [0.2, 0.25) is 0 Å². The number of rotatable bonds is 2. The molecule has 1 heteroatoms. The number of aliphatic hydroxyl groups is 1. The highest BCUT2D eigenvalue weighted by atomic mass is 16.3. The molecule has 1 rings (SSSR count). The Morgan fingerprint density at radius 2 is 1.67 bits per heavy atom. The van der Waals surface area contributed by atoms with Crippen LogP contribution < -0.4 is 0 Å². The Bertz CT molecular complexity index is 341. The fourth-order valence-electron chi connectivity index (χ4n) is 1.45. The lowest BCUT2D eigenvalue weighted by Crippen LogP contribution is -2.11. The Morgan fingerprint density at radius 3 is 2.00 bits per heavy atom. The van der Waals surface area contributed by atoms with E-state index in [0.717, 1.165) is 11.1 Å². The van der Waals surface area contributed by atoms with Crippen LogP contribution in [-0.4, -0.2) is 5.11 Å². The summed E-state index contributed by atoms with van der Waals surface area (Å²) in [6.45, 7) is 12.1. The first kappa shape index (κ1) is 12.0. The van der Waals surface area contributed by atoms with E-state index in [1.54, 1.807) is 0 Å². The van der Waals surface area contributed by atoms with E-state index in [4.69, 9.17) is 0 Å². The van der Waals surface area contributed by atoms with Crippen LogP contribution in [0.4, 0.5) is 0 Å². The van der Waals surface area contributed by atoms with Gasteiger partial charge in [0.25, 0.3) is 0 Å². The number of aliphatic hydroxyl groups excluding tert-OH is 1. The smallest absolute Gasteiger partial charge is 0.0995 e. The molecule has 0 heterocycles. The topological polar surface area (TPSA) is 20.2 Å². The van der Waals surface area contributed by atoms with Crippen molar-refractivity contribution in [2.24, 2.45) is 0 Å². The van der Waals surface area contributed by atoms with Crippen molar-refractivity contribution in [3.63, 3.8) is 0 Å². The van der Waals surface area contributed by atoms with Crippen LogP contribution in [0, 0.1) is 0 Å². The Morgan fingerprint density at radius 1 is 1.20 bits per heavy atom. The van der Waals surface area contributed by atoms with Crippen molar-refractivity contribution in [1.29, 1.82) is 0 Å². The molecule has 1 atom stereocenters. The molecule has 0 saturated carbocycles. The largest absolute Gasteiger partial charge is 0.384 e. The van der Waals surface area contributed by atoms with Crippen molar-refractivity contribution in [2.75, 3.05) is 0 Å². The second-order valence-electron chi connectivity index (χ2n) is 5.12. The number of benzene rings is 1. The van der Waals surface area contributed by atoms with Crippen LogP contribution in [0.5, 0.6) is 0 Å². The number of hydrogen-bond acceptors (Lipinski definition) is 1. The Labute approximate surface area is 92.5 Å². The molecule has 0 aliphatic carbocycles. The van der Waals surface area contributed by atoms with Gasteiger partial charge in [-0.15, -0.1) is 0 Å². The molecular formula is C14H20O. The highest BCUT2D eigenvalue weighted by Crippen LogP contribution is 2.25. The average Bonchev–Trinajstić information content (AvgIpc) is 2.15. The van der Waals surface area contributed by atoms with Crippen molar-refractivity contribution < 1.29 is 5.11 Å². The van der Waals surface area contributed by atoms with Crippen molar-refractivity contribution in [2.45, 2.75) is 39.2 Å². The molecule has 0 saturated heterocycles. The zero-order valence-corrected chi connectivity index (χ0v) is 10.0. The molecule has 82 valence electrons. The van der Waals surface area contributed by atoms with E-state index in [-0.39, 0.29) is 5.41 Å². The molecule has 0 bridgehead atoms. The summed E-state index contributed by atoms with van der Waals surface area (Å²) in [4.78, 5) is 0. The zero-order chi connectivity index (χ0) is 11.6. The van der Waals surface area contributed by atoms with Gasteiger partial charge in [0.05, 0.1) is 6.10 Å². The maximum atomic E-state index is 9.79. The van der Waals surface area contributed by atoms with Gasteiger partial charge in [0, 0.05) is 0 Å². The summed E-state index contributed by atoms with van der Waals surface area (Å²) in [6.07, 6.45) is -0.543. The van der Waals surface area contributed by atoms with Gasteiger partial charge >= 0.3 is 0 Å². The van der Waals surface area contributed by atoms with Crippen LogP contribution in [0.2, 0.25) is 0 Å². The maximum absolute atomic E-state index is 9.79. The van der Waals surface area contributed by atoms with Crippen molar-refractivity contribution >= 4 is 0 Å². The molecule has 1 nitrogen and oxygen atoms in total. The summed E-state index contributed by atoms with van der Waals surface area (Å²) in [6, 6.07) is 8.09. The quantitative estimate of drug-likeness (QED) is 0.730. The molecule has 0 amide bonds. The fourth-order valence-corrected chi connectivity index (χ4v) is 1.45. The van der Waals surface area contributed by atoms with Crippen LogP contribution in [0.1, 0.15) is 44.9 Å². The summed E-state index contributed by atoms with van der Waals surface area (Å²) in [7, 11) is 0. The second-order valence-corrected chi connectivity index (χ2v) is 5.12. The Hall–Kier alpha value is -1.08. The van der Waals surface area contributed by atoms with Gasteiger partial charge in [0.1, 0.15) is 0 Å². The van der Waals surface area contributed by atoms with Crippen LogP contribution in [0.3, 0.4) is 0 Å². The zero-order valence-electron chi connectivity index (χ0n) is 10.0. The lowest BCUT2D eigenvalue weighted by molar-refractivity contribution is 0.216. The average molecular weight is 204 g/mol. The molecule has 0 fully saturated rings. The minimum absolute atomic E-state index is 0.159. The predicted octanol–water partition coefficient (Wildman–Crippen LogP) is 3.59.